The number of nitrogens with zero attached hydrogens (tertiary/aromatic N) is 2. The van der Waals surface area contributed by atoms with Crippen LogP contribution in [0.25, 0.3) is 10.9 Å². The zero-order chi connectivity index (χ0) is 20.4. The summed E-state index contributed by atoms with van der Waals surface area (Å²) in [5.41, 5.74) is 1.82. The van der Waals surface area contributed by atoms with Crippen molar-refractivity contribution in [1.29, 1.82) is 0 Å². The third-order valence-electron chi connectivity index (χ3n) is 4.43. The molecule has 0 aliphatic rings. The minimum absolute atomic E-state index is 0.128. The Bertz CT molecular complexity index is 750. The van der Waals surface area contributed by atoms with Gasteiger partial charge in [-0.05, 0) is 31.9 Å². The fourth-order valence-electron chi connectivity index (χ4n) is 3.00. The molecule has 1 heterocycles. The molecule has 28 heavy (non-hydrogen) atoms. The van der Waals surface area contributed by atoms with Crippen LogP contribution in [0.15, 0.2) is 30.5 Å². The zero-order valence-electron chi connectivity index (χ0n) is 16.5. The number of ether oxygens (including phenoxy) is 1. The molecule has 8 nitrogen and oxygen atoms in total. The second-order valence-corrected chi connectivity index (χ2v) is 6.60. The molecule has 2 rings (SSSR count). The highest BCUT2D eigenvalue weighted by Gasteiger charge is 2.12. The van der Waals surface area contributed by atoms with Crippen LogP contribution in [0.1, 0.15) is 19.8 Å². The number of pyridine rings is 1. The molecule has 0 saturated carbocycles. The third-order valence-corrected chi connectivity index (χ3v) is 4.43. The van der Waals surface area contributed by atoms with E-state index < -0.39 is 0 Å². The van der Waals surface area contributed by atoms with Crippen LogP contribution in [0.2, 0.25) is 0 Å². The lowest BCUT2D eigenvalue weighted by Crippen LogP contribution is -2.43. The van der Waals surface area contributed by atoms with Crippen molar-refractivity contribution < 1.29 is 19.7 Å². The highest BCUT2D eigenvalue weighted by atomic mass is 16.5. The van der Waals surface area contributed by atoms with Crippen molar-refractivity contribution >= 4 is 22.6 Å². The van der Waals surface area contributed by atoms with Crippen molar-refractivity contribution in [2.24, 2.45) is 0 Å². The number of fused-ring (bicyclic) bond motifs is 1. The van der Waals surface area contributed by atoms with Gasteiger partial charge in [0.1, 0.15) is 5.75 Å². The fourth-order valence-corrected chi connectivity index (χ4v) is 3.00. The van der Waals surface area contributed by atoms with Gasteiger partial charge in [-0.15, -0.1) is 0 Å². The first kappa shape index (κ1) is 21.7. The molecule has 2 aromatic rings. The summed E-state index contributed by atoms with van der Waals surface area (Å²) in [6.45, 7) is 2.77. The maximum Gasteiger partial charge on any atom is 0.317 e. The van der Waals surface area contributed by atoms with Gasteiger partial charge in [0.05, 0.1) is 31.5 Å². The van der Waals surface area contributed by atoms with Crippen molar-refractivity contribution in [3.05, 3.63) is 30.5 Å². The first-order valence-electron chi connectivity index (χ1n) is 9.52. The van der Waals surface area contributed by atoms with Crippen molar-refractivity contribution in [2.45, 2.75) is 25.8 Å². The third kappa shape index (κ3) is 6.24. The Hall–Kier alpha value is -2.58. The number of amides is 2. The first-order chi connectivity index (χ1) is 13.6. The molecular weight excluding hydrogens is 360 g/mol. The number of urea groups is 1. The molecule has 0 fully saturated rings. The Morgan fingerprint density at radius 2 is 2.04 bits per heavy atom. The average molecular weight is 390 g/mol. The van der Waals surface area contributed by atoms with Gasteiger partial charge >= 0.3 is 6.03 Å². The molecule has 1 aromatic carbocycles. The Balaban J connectivity index is 1.85. The molecular formula is C20H30N4O4. The van der Waals surface area contributed by atoms with E-state index in [-0.39, 0.29) is 38.4 Å². The summed E-state index contributed by atoms with van der Waals surface area (Å²) >= 11 is 0. The van der Waals surface area contributed by atoms with E-state index in [4.69, 9.17) is 14.9 Å². The predicted octanol–water partition coefficient (Wildman–Crippen LogP) is 1.82. The maximum atomic E-state index is 12.0. The summed E-state index contributed by atoms with van der Waals surface area (Å²) in [5.74, 6) is 0.773. The topological polar surface area (TPSA) is 107 Å². The lowest BCUT2D eigenvalue weighted by atomic mass is 10.1. The number of benzene rings is 1. The van der Waals surface area contributed by atoms with Gasteiger partial charge in [-0.3, -0.25) is 4.98 Å². The molecule has 4 N–H and O–H groups in total. The van der Waals surface area contributed by atoms with Gasteiger partial charge in [0.2, 0.25) is 0 Å². The van der Waals surface area contributed by atoms with Gasteiger partial charge in [-0.2, -0.15) is 0 Å². The van der Waals surface area contributed by atoms with E-state index in [1.165, 1.54) is 4.90 Å². The van der Waals surface area contributed by atoms with Crippen molar-refractivity contribution in [1.82, 2.24) is 15.2 Å². The van der Waals surface area contributed by atoms with E-state index in [1.54, 1.807) is 13.3 Å². The van der Waals surface area contributed by atoms with Crippen molar-refractivity contribution in [2.75, 3.05) is 45.3 Å². The standard InChI is InChI=1S/C20H30N4O4/c1-15(5-3-8-22-20(27)24(9-11-25)10-12-26)23-18-14-17(28-2)13-16-6-4-7-21-19(16)18/h4,6-7,13-15,23,25-26H,3,5,8-12H2,1-2H3,(H,22,27). The minimum Gasteiger partial charge on any atom is -0.497 e. The predicted molar refractivity (Wildman–Crippen MR) is 110 cm³/mol. The number of methoxy groups -OCH3 is 1. The van der Waals surface area contributed by atoms with Crippen LogP contribution in [-0.4, -0.2) is 72.1 Å². The molecule has 0 saturated heterocycles. The quantitative estimate of drug-likeness (QED) is 0.436. The van der Waals surface area contributed by atoms with Gasteiger partial charge in [-0.1, -0.05) is 6.07 Å². The van der Waals surface area contributed by atoms with E-state index in [0.717, 1.165) is 35.2 Å². The summed E-state index contributed by atoms with van der Waals surface area (Å²) in [6, 6.07) is 7.70. The van der Waals surface area contributed by atoms with Gasteiger partial charge in [-0.25, -0.2) is 4.79 Å². The van der Waals surface area contributed by atoms with Crippen LogP contribution in [0.5, 0.6) is 5.75 Å². The number of anilines is 1. The van der Waals surface area contributed by atoms with Crippen LogP contribution >= 0.6 is 0 Å². The van der Waals surface area contributed by atoms with Gasteiger partial charge in [0, 0.05) is 43.3 Å². The van der Waals surface area contributed by atoms with Gasteiger partial charge in [0.15, 0.2) is 0 Å². The zero-order valence-corrected chi connectivity index (χ0v) is 16.5. The van der Waals surface area contributed by atoms with Crippen molar-refractivity contribution in [3.8, 4) is 5.75 Å². The van der Waals surface area contributed by atoms with Gasteiger partial charge in [0.25, 0.3) is 0 Å². The SMILES string of the molecule is COc1cc(NC(C)CCCNC(=O)N(CCO)CCO)c2ncccc2c1. The van der Waals surface area contributed by atoms with E-state index in [9.17, 15) is 4.79 Å². The number of aliphatic hydroxyl groups excluding tert-OH is 2. The summed E-state index contributed by atoms with van der Waals surface area (Å²) in [6.07, 6.45) is 3.41. The number of hydrogen-bond donors (Lipinski definition) is 4. The monoisotopic (exact) mass is 390 g/mol. The number of carbonyl (C=O) groups excluding carboxylic acids is 1. The molecule has 0 aliphatic heterocycles. The Morgan fingerprint density at radius 1 is 1.29 bits per heavy atom. The van der Waals surface area contributed by atoms with E-state index in [2.05, 4.69) is 22.5 Å². The Labute approximate surface area is 165 Å². The first-order valence-corrected chi connectivity index (χ1v) is 9.52. The van der Waals surface area contributed by atoms with Crippen molar-refractivity contribution in [3.63, 3.8) is 0 Å². The number of aromatic nitrogens is 1. The number of carbonyl (C=O) groups is 1. The second-order valence-electron chi connectivity index (χ2n) is 6.60. The number of nitrogens with one attached hydrogen (secondary N) is 2. The highest BCUT2D eigenvalue weighted by molar-refractivity contribution is 5.91. The largest absolute Gasteiger partial charge is 0.497 e. The molecule has 1 aromatic heterocycles. The number of rotatable bonds is 11. The smallest absolute Gasteiger partial charge is 0.317 e. The minimum atomic E-state index is -0.272. The van der Waals surface area contributed by atoms with Crippen LogP contribution in [0, 0.1) is 0 Å². The number of hydrogen-bond acceptors (Lipinski definition) is 6. The second kappa shape index (κ2) is 11.3. The number of aliphatic hydroxyl groups is 2. The van der Waals surface area contributed by atoms with Gasteiger partial charge < -0.3 is 30.5 Å². The van der Waals surface area contributed by atoms with E-state index in [1.807, 2.05) is 24.3 Å². The van der Waals surface area contributed by atoms with E-state index in [0.29, 0.717) is 6.54 Å². The maximum absolute atomic E-state index is 12.0. The molecule has 8 heteroatoms. The average Bonchev–Trinajstić information content (AvgIpc) is 2.70. The van der Waals surface area contributed by atoms with Crippen LogP contribution in [0.3, 0.4) is 0 Å². The molecule has 1 atom stereocenters. The Kier molecular flexibility index (Phi) is 8.77. The summed E-state index contributed by atoms with van der Waals surface area (Å²) in [4.78, 5) is 17.9. The summed E-state index contributed by atoms with van der Waals surface area (Å²) in [7, 11) is 1.64. The van der Waals surface area contributed by atoms with Crippen LogP contribution in [0.4, 0.5) is 10.5 Å². The highest BCUT2D eigenvalue weighted by Crippen LogP contribution is 2.28. The molecule has 0 radical (unpaired) electrons. The normalized spacial score (nSPS) is 11.9. The molecule has 154 valence electrons. The molecule has 1 unspecified atom stereocenters. The molecule has 2 amide bonds. The molecule has 0 bridgehead atoms. The van der Waals surface area contributed by atoms with Crippen LogP contribution < -0.4 is 15.4 Å². The van der Waals surface area contributed by atoms with Crippen LogP contribution in [-0.2, 0) is 0 Å². The molecule has 0 aliphatic carbocycles. The lowest BCUT2D eigenvalue weighted by Gasteiger charge is -2.21. The molecule has 0 spiro atoms. The van der Waals surface area contributed by atoms with E-state index >= 15 is 0 Å². The lowest BCUT2D eigenvalue weighted by molar-refractivity contribution is 0.158. The fraction of sp³-hybridized carbons (Fsp3) is 0.500. The summed E-state index contributed by atoms with van der Waals surface area (Å²) < 4.78 is 5.38. The Morgan fingerprint density at radius 3 is 2.71 bits per heavy atom. The summed E-state index contributed by atoms with van der Waals surface area (Å²) in [5, 5.41) is 25.3.